The van der Waals surface area contributed by atoms with Crippen LogP contribution in [-0.2, 0) is 14.3 Å². The van der Waals surface area contributed by atoms with Crippen LogP contribution in [0.1, 0.15) is 44.0 Å². The van der Waals surface area contributed by atoms with E-state index in [1.165, 1.54) is 0 Å². The highest BCUT2D eigenvalue weighted by Crippen LogP contribution is 2.16. The minimum absolute atomic E-state index is 0.249. The first-order valence-electron chi connectivity index (χ1n) is 7.76. The van der Waals surface area contributed by atoms with E-state index in [2.05, 4.69) is 24.5 Å². The highest BCUT2D eigenvalue weighted by atomic mass is 16.5. The summed E-state index contributed by atoms with van der Waals surface area (Å²) in [7, 11) is 0. The van der Waals surface area contributed by atoms with Gasteiger partial charge in [-0.05, 0) is 31.4 Å². The van der Waals surface area contributed by atoms with Gasteiger partial charge in [-0.2, -0.15) is 0 Å². The summed E-state index contributed by atoms with van der Waals surface area (Å²) in [5.41, 5.74) is 0.605. The molecule has 2 N–H and O–H groups in total. The Morgan fingerprint density at radius 2 is 1.83 bits per heavy atom. The van der Waals surface area contributed by atoms with Gasteiger partial charge in [-0.25, -0.2) is 4.79 Å². The van der Waals surface area contributed by atoms with E-state index in [0.29, 0.717) is 18.2 Å². The second-order valence-corrected chi connectivity index (χ2v) is 5.52. The van der Waals surface area contributed by atoms with Crippen LogP contribution < -0.4 is 10.6 Å². The van der Waals surface area contributed by atoms with Crippen LogP contribution in [0.3, 0.4) is 0 Å². The third-order valence-electron chi connectivity index (χ3n) is 3.06. The monoisotopic (exact) mass is 320 g/mol. The van der Waals surface area contributed by atoms with E-state index in [9.17, 15) is 14.4 Å². The number of ether oxygens (including phenoxy) is 1. The Hall–Kier alpha value is -2.37. The third-order valence-corrected chi connectivity index (χ3v) is 3.06. The summed E-state index contributed by atoms with van der Waals surface area (Å²) in [5, 5.41) is 5.28. The van der Waals surface area contributed by atoms with Crippen molar-refractivity contribution < 1.29 is 19.1 Å². The summed E-state index contributed by atoms with van der Waals surface area (Å²) in [6, 6.07) is 6.54. The van der Waals surface area contributed by atoms with Crippen molar-refractivity contribution in [2.75, 3.05) is 18.5 Å². The number of hydrogen-bond acceptors (Lipinski definition) is 4. The maximum absolute atomic E-state index is 11.9. The Bertz CT molecular complexity index is 555. The van der Waals surface area contributed by atoms with E-state index in [1.807, 2.05) is 0 Å². The lowest BCUT2D eigenvalue weighted by Gasteiger charge is -2.11. The van der Waals surface area contributed by atoms with Crippen LogP contribution in [0.15, 0.2) is 24.3 Å². The van der Waals surface area contributed by atoms with Gasteiger partial charge in [-0.1, -0.05) is 26.0 Å². The van der Waals surface area contributed by atoms with Crippen LogP contribution in [0.4, 0.5) is 5.69 Å². The molecular formula is C17H24N2O4. The number of amides is 2. The molecule has 0 fully saturated rings. The maximum atomic E-state index is 11.9. The Labute approximate surface area is 136 Å². The number of nitrogens with one attached hydrogen (secondary N) is 2. The molecular weight excluding hydrogens is 296 g/mol. The van der Waals surface area contributed by atoms with Crippen molar-refractivity contribution in [2.45, 2.75) is 33.6 Å². The number of anilines is 1. The first kappa shape index (κ1) is 18.7. The van der Waals surface area contributed by atoms with Crippen molar-refractivity contribution in [1.29, 1.82) is 0 Å². The average Bonchev–Trinajstić information content (AvgIpc) is 2.47. The molecule has 0 aliphatic carbocycles. The van der Waals surface area contributed by atoms with Crippen molar-refractivity contribution in [3.63, 3.8) is 0 Å². The number of carbonyl (C=O) groups is 3. The van der Waals surface area contributed by atoms with Gasteiger partial charge in [0.1, 0.15) is 6.42 Å². The fourth-order valence-corrected chi connectivity index (χ4v) is 1.88. The van der Waals surface area contributed by atoms with Gasteiger partial charge in [-0.15, -0.1) is 0 Å². The molecule has 23 heavy (non-hydrogen) atoms. The molecule has 0 radical (unpaired) electrons. The molecule has 0 unspecified atom stereocenters. The molecule has 1 rings (SSSR count). The van der Waals surface area contributed by atoms with Crippen LogP contribution in [-0.4, -0.2) is 30.9 Å². The number of esters is 1. The van der Waals surface area contributed by atoms with E-state index in [4.69, 9.17) is 4.74 Å². The predicted octanol–water partition coefficient (Wildman–Crippen LogP) is 2.35. The summed E-state index contributed by atoms with van der Waals surface area (Å²) in [6.07, 6.45) is 0.578. The van der Waals surface area contributed by atoms with Gasteiger partial charge in [0.15, 0.2) is 0 Å². The summed E-state index contributed by atoms with van der Waals surface area (Å²) in [5.74, 6) is -0.828. The van der Waals surface area contributed by atoms with Gasteiger partial charge >= 0.3 is 5.97 Å². The van der Waals surface area contributed by atoms with E-state index in [1.54, 1.807) is 31.2 Å². The van der Waals surface area contributed by atoms with Gasteiger partial charge in [0, 0.05) is 6.54 Å². The Morgan fingerprint density at radius 3 is 2.48 bits per heavy atom. The van der Waals surface area contributed by atoms with E-state index in [-0.39, 0.29) is 24.5 Å². The van der Waals surface area contributed by atoms with Gasteiger partial charge in [0.05, 0.1) is 17.9 Å². The molecule has 2 amide bonds. The molecule has 6 heteroatoms. The molecule has 0 heterocycles. The smallest absolute Gasteiger partial charge is 0.340 e. The van der Waals surface area contributed by atoms with E-state index >= 15 is 0 Å². The molecule has 0 aliphatic heterocycles. The molecule has 1 aromatic carbocycles. The highest BCUT2D eigenvalue weighted by Gasteiger charge is 2.15. The van der Waals surface area contributed by atoms with Crippen molar-refractivity contribution in [1.82, 2.24) is 5.32 Å². The van der Waals surface area contributed by atoms with Gasteiger partial charge in [0.25, 0.3) is 0 Å². The van der Waals surface area contributed by atoms with Crippen molar-refractivity contribution >= 4 is 23.5 Å². The summed E-state index contributed by atoms with van der Waals surface area (Å²) in [4.78, 5) is 35.4. The molecule has 0 saturated carbocycles. The van der Waals surface area contributed by atoms with Crippen molar-refractivity contribution in [3.05, 3.63) is 29.8 Å². The minimum Gasteiger partial charge on any atom is -0.462 e. The third kappa shape index (κ3) is 6.95. The minimum atomic E-state index is -0.509. The number of para-hydroxylation sites is 1. The number of hydrogen-bond donors (Lipinski definition) is 2. The quantitative estimate of drug-likeness (QED) is 0.569. The largest absolute Gasteiger partial charge is 0.462 e. The fraction of sp³-hybridized carbons (Fsp3) is 0.471. The molecule has 126 valence electrons. The Kier molecular flexibility index (Phi) is 7.80. The van der Waals surface area contributed by atoms with Crippen LogP contribution in [0.5, 0.6) is 0 Å². The van der Waals surface area contributed by atoms with Gasteiger partial charge in [-0.3, -0.25) is 9.59 Å². The van der Waals surface area contributed by atoms with Crippen LogP contribution >= 0.6 is 0 Å². The number of rotatable bonds is 8. The number of benzene rings is 1. The summed E-state index contributed by atoms with van der Waals surface area (Å²) >= 11 is 0. The average molecular weight is 320 g/mol. The molecule has 0 atom stereocenters. The Balaban J connectivity index is 2.57. The molecule has 6 nitrogen and oxygen atoms in total. The summed E-state index contributed by atoms with van der Waals surface area (Å²) in [6.45, 7) is 6.62. The first-order valence-corrected chi connectivity index (χ1v) is 7.76. The van der Waals surface area contributed by atoms with Crippen LogP contribution in [0.25, 0.3) is 0 Å². The van der Waals surface area contributed by atoms with Crippen LogP contribution in [0, 0.1) is 5.92 Å². The fourth-order valence-electron chi connectivity index (χ4n) is 1.88. The molecule has 0 saturated heterocycles. The van der Waals surface area contributed by atoms with Gasteiger partial charge in [0.2, 0.25) is 11.8 Å². The normalized spacial score (nSPS) is 10.3. The zero-order valence-electron chi connectivity index (χ0n) is 13.8. The van der Waals surface area contributed by atoms with Crippen molar-refractivity contribution in [2.24, 2.45) is 5.92 Å². The first-order chi connectivity index (χ1) is 10.9. The second-order valence-electron chi connectivity index (χ2n) is 5.52. The lowest BCUT2D eigenvalue weighted by molar-refractivity contribution is -0.126. The van der Waals surface area contributed by atoms with Crippen molar-refractivity contribution in [3.8, 4) is 0 Å². The zero-order chi connectivity index (χ0) is 17.2. The zero-order valence-corrected chi connectivity index (χ0v) is 13.8. The van der Waals surface area contributed by atoms with E-state index < -0.39 is 11.9 Å². The Morgan fingerprint density at radius 1 is 1.13 bits per heavy atom. The molecule has 0 bridgehead atoms. The van der Waals surface area contributed by atoms with Crippen LogP contribution in [0.2, 0.25) is 0 Å². The summed E-state index contributed by atoms with van der Waals surface area (Å²) < 4.78 is 4.94. The topological polar surface area (TPSA) is 84.5 Å². The standard InChI is InChI=1S/C17H24N2O4/c1-4-23-17(22)13-7-5-6-8-14(13)19-16(21)11-15(20)18-10-9-12(2)3/h5-8,12H,4,9-11H2,1-3H3,(H,18,20)(H,19,21). The lowest BCUT2D eigenvalue weighted by atomic mass is 10.1. The number of carbonyl (C=O) groups excluding carboxylic acids is 3. The molecule has 1 aromatic rings. The predicted molar refractivity (Wildman–Crippen MR) is 88.1 cm³/mol. The molecule has 0 aliphatic rings. The second kappa shape index (κ2) is 9.61. The maximum Gasteiger partial charge on any atom is 0.340 e. The lowest BCUT2D eigenvalue weighted by Crippen LogP contribution is -2.29. The molecule has 0 aromatic heterocycles. The SMILES string of the molecule is CCOC(=O)c1ccccc1NC(=O)CC(=O)NCCC(C)C. The highest BCUT2D eigenvalue weighted by molar-refractivity contribution is 6.06. The van der Waals surface area contributed by atoms with Gasteiger partial charge < -0.3 is 15.4 Å². The van der Waals surface area contributed by atoms with E-state index in [0.717, 1.165) is 6.42 Å². The molecule has 0 spiro atoms.